The number of nitrogens with one attached hydrogen (secondary N) is 1. The Labute approximate surface area is 99.0 Å². The molecule has 1 amide bonds. The van der Waals surface area contributed by atoms with Gasteiger partial charge in [0.15, 0.2) is 0 Å². The van der Waals surface area contributed by atoms with Crippen molar-refractivity contribution < 1.29 is 9.59 Å². The predicted octanol–water partition coefficient (Wildman–Crippen LogP) is 2.69. The summed E-state index contributed by atoms with van der Waals surface area (Å²) in [7, 11) is 0. The van der Waals surface area contributed by atoms with Crippen LogP contribution in [0.1, 0.15) is 59.3 Å². The number of rotatable bonds is 9. The molecule has 16 heavy (non-hydrogen) atoms. The number of hydrogen-bond acceptors (Lipinski definition) is 2. The van der Waals surface area contributed by atoms with Crippen molar-refractivity contribution in [2.45, 2.75) is 59.3 Å². The lowest BCUT2D eigenvalue weighted by Gasteiger charge is -2.07. The smallest absolute Gasteiger partial charge is 0.220 e. The Kier molecular flexibility index (Phi) is 8.87. The maximum absolute atomic E-state index is 11.4. The SMILES string of the molecule is CCCCCCNC(=O)CC[C@H](C)C(C)=O. The predicted molar refractivity (Wildman–Crippen MR) is 66.2 cm³/mol. The number of Topliss-reactive ketones (excluding diaryl/α,β-unsaturated/α-hetero) is 1. The van der Waals surface area contributed by atoms with Gasteiger partial charge in [0.25, 0.3) is 0 Å². The first kappa shape index (κ1) is 15.1. The molecule has 0 spiro atoms. The lowest BCUT2D eigenvalue weighted by atomic mass is 10.0. The van der Waals surface area contributed by atoms with E-state index in [1.165, 1.54) is 19.3 Å². The summed E-state index contributed by atoms with van der Waals surface area (Å²) in [6, 6.07) is 0. The number of ketones is 1. The summed E-state index contributed by atoms with van der Waals surface area (Å²) in [6.45, 7) is 6.39. The Hall–Kier alpha value is -0.860. The Morgan fingerprint density at radius 2 is 1.88 bits per heavy atom. The van der Waals surface area contributed by atoms with Crippen molar-refractivity contribution >= 4 is 11.7 Å². The fraction of sp³-hybridized carbons (Fsp3) is 0.846. The Morgan fingerprint density at radius 3 is 2.44 bits per heavy atom. The standard InChI is InChI=1S/C13H25NO2/c1-4-5-6-7-10-14-13(16)9-8-11(2)12(3)15/h11H,4-10H2,1-3H3,(H,14,16)/t11-/m0/s1. The van der Waals surface area contributed by atoms with Gasteiger partial charge in [0.2, 0.25) is 5.91 Å². The van der Waals surface area contributed by atoms with Gasteiger partial charge in [-0.1, -0.05) is 33.1 Å². The molecule has 1 N–H and O–H groups in total. The molecule has 0 heterocycles. The summed E-state index contributed by atoms with van der Waals surface area (Å²) in [6.07, 6.45) is 5.81. The Morgan fingerprint density at radius 1 is 1.19 bits per heavy atom. The van der Waals surface area contributed by atoms with Crippen molar-refractivity contribution in [1.82, 2.24) is 5.32 Å². The first-order chi connectivity index (χ1) is 7.57. The number of carbonyl (C=O) groups is 2. The molecule has 3 heteroatoms. The second-order valence-corrected chi connectivity index (χ2v) is 4.46. The fourth-order valence-electron chi connectivity index (χ4n) is 1.42. The summed E-state index contributed by atoms with van der Waals surface area (Å²) in [4.78, 5) is 22.3. The van der Waals surface area contributed by atoms with Gasteiger partial charge in [0.05, 0.1) is 0 Å². The molecule has 0 aliphatic heterocycles. The zero-order valence-electron chi connectivity index (χ0n) is 10.8. The molecule has 0 aromatic rings. The van der Waals surface area contributed by atoms with E-state index in [1.807, 2.05) is 6.92 Å². The average molecular weight is 227 g/mol. The van der Waals surface area contributed by atoms with E-state index in [0.29, 0.717) is 12.8 Å². The molecule has 94 valence electrons. The van der Waals surface area contributed by atoms with Crippen molar-refractivity contribution in [2.24, 2.45) is 5.92 Å². The second-order valence-electron chi connectivity index (χ2n) is 4.46. The van der Waals surface area contributed by atoms with Crippen LogP contribution in [-0.2, 0) is 9.59 Å². The molecule has 0 aromatic heterocycles. The molecular weight excluding hydrogens is 202 g/mol. The van der Waals surface area contributed by atoms with E-state index in [1.54, 1.807) is 6.92 Å². The number of hydrogen-bond donors (Lipinski definition) is 1. The third kappa shape index (κ3) is 8.45. The summed E-state index contributed by atoms with van der Waals surface area (Å²) in [5, 5.41) is 2.89. The second kappa shape index (κ2) is 9.37. The van der Waals surface area contributed by atoms with Gasteiger partial charge in [-0.2, -0.15) is 0 Å². The topological polar surface area (TPSA) is 46.2 Å². The molecule has 3 nitrogen and oxygen atoms in total. The van der Waals surface area contributed by atoms with E-state index in [0.717, 1.165) is 13.0 Å². The highest BCUT2D eigenvalue weighted by Gasteiger charge is 2.09. The van der Waals surface area contributed by atoms with Crippen LogP contribution < -0.4 is 5.32 Å². The lowest BCUT2D eigenvalue weighted by Crippen LogP contribution is -2.25. The Balaban J connectivity index is 3.41. The van der Waals surface area contributed by atoms with Crippen molar-refractivity contribution in [2.75, 3.05) is 6.54 Å². The molecule has 0 saturated heterocycles. The molecule has 0 aromatic carbocycles. The Bertz CT molecular complexity index is 214. The van der Waals surface area contributed by atoms with Gasteiger partial charge in [-0.05, 0) is 19.8 Å². The lowest BCUT2D eigenvalue weighted by molar-refractivity contribution is -0.122. The van der Waals surface area contributed by atoms with Gasteiger partial charge < -0.3 is 5.32 Å². The van der Waals surface area contributed by atoms with Crippen molar-refractivity contribution in [3.63, 3.8) is 0 Å². The normalized spacial score (nSPS) is 12.2. The zero-order chi connectivity index (χ0) is 12.4. The molecule has 0 unspecified atom stereocenters. The highest BCUT2D eigenvalue weighted by Crippen LogP contribution is 2.06. The molecule has 0 aliphatic carbocycles. The van der Waals surface area contributed by atoms with Crippen LogP contribution in [0, 0.1) is 5.92 Å². The van der Waals surface area contributed by atoms with Crippen LogP contribution >= 0.6 is 0 Å². The molecule has 0 saturated carbocycles. The highest BCUT2D eigenvalue weighted by atomic mass is 16.1. The van der Waals surface area contributed by atoms with Gasteiger partial charge in [-0.25, -0.2) is 0 Å². The monoisotopic (exact) mass is 227 g/mol. The summed E-state index contributed by atoms with van der Waals surface area (Å²) in [5.74, 6) is 0.242. The van der Waals surface area contributed by atoms with E-state index in [-0.39, 0.29) is 17.6 Å². The third-order valence-electron chi connectivity index (χ3n) is 2.85. The van der Waals surface area contributed by atoms with Crippen molar-refractivity contribution in [3.8, 4) is 0 Å². The molecule has 0 rings (SSSR count). The first-order valence-electron chi connectivity index (χ1n) is 6.35. The van der Waals surface area contributed by atoms with Crippen LogP contribution in [0.3, 0.4) is 0 Å². The molecule has 0 fully saturated rings. The van der Waals surface area contributed by atoms with Gasteiger partial charge in [0.1, 0.15) is 5.78 Å². The van der Waals surface area contributed by atoms with Gasteiger partial charge >= 0.3 is 0 Å². The fourth-order valence-corrected chi connectivity index (χ4v) is 1.42. The van der Waals surface area contributed by atoms with Crippen LogP contribution in [0.5, 0.6) is 0 Å². The van der Waals surface area contributed by atoms with Gasteiger partial charge in [-0.3, -0.25) is 9.59 Å². The number of carbonyl (C=O) groups excluding carboxylic acids is 2. The van der Waals surface area contributed by atoms with E-state index in [4.69, 9.17) is 0 Å². The molecule has 0 aliphatic rings. The molecule has 0 radical (unpaired) electrons. The number of unbranched alkanes of at least 4 members (excludes halogenated alkanes) is 3. The largest absolute Gasteiger partial charge is 0.356 e. The van der Waals surface area contributed by atoms with Crippen molar-refractivity contribution in [3.05, 3.63) is 0 Å². The first-order valence-corrected chi connectivity index (χ1v) is 6.35. The minimum atomic E-state index is 0.00541. The maximum atomic E-state index is 11.4. The van der Waals surface area contributed by atoms with Gasteiger partial charge in [-0.15, -0.1) is 0 Å². The van der Waals surface area contributed by atoms with Gasteiger partial charge in [0, 0.05) is 18.9 Å². The third-order valence-corrected chi connectivity index (χ3v) is 2.85. The van der Waals surface area contributed by atoms with Crippen LogP contribution in [-0.4, -0.2) is 18.2 Å². The molecule has 0 bridgehead atoms. The van der Waals surface area contributed by atoms with Crippen LogP contribution in [0.2, 0.25) is 0 Å². The highest BCUT2D eigenvalue weighted by molar-refractivity contribution is 5.80. The zero-order valence-corrected chi connectivity index (χ0v) is 10.8. The van der Waals surface area contributed by atoms with E-state index < -0.39 is 0 Å². The quantitative estimate of drug-likeness (QED) is 0.616. The van der Waals surface area contributed by atoms with E-state index in [2.05, 4.69) is 12.2 Å². The van der Waals surface area contributed by atoms with Crippen LogP contribution in [0.25, 0.3) is 0 Å². The average Bonchev–Trinajstić information content (AvgIpc) is 2.25. The van der Waals surface area contributed by atoms with Crippen molar-refractivity contribution in [1.29, 1.82) is 0 Å². The minimum Gasteiger partial charge on any atom is -0.356 e. The summed E-state index contributed by atoms with van der Waals surface area (Å²) < 4.78 is 0. The van der Waals surface area contributed by atoms with Crippen LogP contribution in [0.15, 0.2) is 0 Å². The summed E-state index contributed by atoms with van der Waals surface area (Å²) >= 11 is 0. The molecule has 1 atom stereocenters. The number of amides is 1. The van der Waals surface area contributed by atoms with Crippen LogP contribution in [0.4, 0.5) is 0 Å². The minimum absolute atomic E-state index is 0.00541. The van der Waals surface area contributed by atoms with E-state index >= 15 is 0 Å². The maximum Gasteiger partial charge on any atom is 0.220 e. The molecular formula is C13H25NO2. The summed E-state index contributed by atoms with van der Waals surface area (Å²) in [5.41, 5.74) is 0. The van der Waals surface area contributed by atoms with E-state index in [9.17, 15) is 9.59 Å².